The van der Waals surface area contributed by atoms with Gasteiger partial charge in [0.2, 0.25) is 0 Å². The molecule has 4 aromatic carbocycles. The molecule has 174 valence electrons. The standard InChI is InChI=1S/C33H24O3/c1-21-28-24-17-9-11-19-26(24)33(35-2)27-20-12-10-18-25(27)29(30(36-21)22-13-5-3-6-14-22)32(28,33)31(34)23-15-7-4-8-16-23/h3-20H,1-2H3/t32-,33-/m1/s1. The third-order valence-corrected chi connectivity index (χ3v) is 7.98. The summed E-state index contributed by atoms with van der Waals surface area (Å²) in [6, 6.07) is 36.1. The summed E-state index contributed by atoms with van der Waals surface area (Å²) in [6.45, 7) is 1.97. The van der Waals surface area contributed by atoms with E-state index in [0.717, 1.165) is 44.7 Å². The van der Waals surface area contributed by atoms with Crippen molar-refractivity contribution in [2.24, 2.45) is 5.41 Å². The molecule has 0 saturated carbocycles. The highest BCUT2D eigenvalue weighted by Crippen LogP contribution is 2.75. The number of rotatable bonds is 4. The Morgan fingerprint density at radius 3 is 1.83 bits per heavy atom. The van der Waals surface area contributed by atoms with Gasteiger partial charge in [0.15, 0.2) is 5.78 Å². The molecule has 1 heterocycles. The summed E-state index contributed by atoms with van der Waals surface area (Å²) in [5.41, 5.74) is 5.15. The van der Waals surface area contributed by atoms with Gasteiger partial charge in [-0.05, 0) is 29.2 Å². The molecular formula is C33H24O3. The average molecular weight is 469 g/mol. The van der Waals surface area contributed by atoms with Crippen molar-refractivity contribution in [2.45, 2.75) is 12.5 Å². The average Bonchev–Trinajstić information content (AvgIpc) is 3.37. The molecule has 3 nitrogen and oxygen atoms in total. The van der Waals surface area contributed by atoms with Gasteiger partial charge in [0.05, 0.1) is 0 Å². The first-order valence-electron chi connectivity index (χ1n) is 12.2. The van der Waals surface area contributed by atoms with Gasteiger partial charge in [0, 0.05) is 29.4 Å². The highest BCUT2D eigenvalue weighted by atomic mass is 16.5. The number of hydrogen-bond acceptors (Lipinski definition) is 3. The maximum Gasteiger partial charge on any atom is 0.181 e. The quantitative estimate of drug-likeness (QED) is 0.300. The van der Waals surface area contributed by atoms with Crippen LogP contribution in [0.2, 0.25) is 0 Å². The van der Waals surface area contributed by atoms with Crippen LogP contribution >= 0.6 is 0 Å². The number of hydrogen-bond donors (Lipinski definition) is 0. The summed E-state index contributed by atoms with van der Waals surface area (Å²) < 4.78 is 13.3. The lowest BCUT2D eigenvalue weighted by molar-refractivity contribution is -0.0165. The van der Waals surface area contributed by atoms with E-state index in [0.29, 0.717) is 11.3 Å². The van der Waals surface area contributed by atoms with Crippen molar-refractivity contribution in [3.63, 3.8) is 0 Å². The highest BCUT2D eigenvalue weighted by Gasteiger charge is 2.74. The van der Waals surface area contributed by atoms with E-state index < -0.39 is 11.0 Å². The van der Waals surface area contributed by atoms with Crippen LogP contribution in [0.1, 0.15) is 45.1 Å². The summed E-state index contributed by atoms with van der Waals surface area (Å²) >= 11 is 0. The predicted octanol–water partition coefficient (Wildman–Crippen LogP) is 7.10. The van der Waals surface area contributed by atoms with Crippen molar-refractivity contribution >= 4 is 22.7 Å². The van der Waals surface area contributed by atoms with E-state index >= 15 is 4.79 Å². The Balaban J connectivity index is 1.72. The van der Waals surface area contributed by atoms with E-state index in [4.69, 9.17) is 9.47 Å². The lowest BCUT2D eigenvalue weighted by atomic mass is 9.62. The first-order valence-corrected chi connectivity index (χ1v) is 12.2. The van der Waals surface area contributed by atoms with Crippen molar-refractivity contribution in [2.75, 3.05) is 7.11 Å². The fourth-order valence-corrected chi connectivity index (χ4v) is 6.81. The van der Waals surface area contributed by atoms with Crippen LogP contribution in [0.15, 0.2) is 115 Å². The largest absolute Gasteiger partial charge is 0.461 e. The smallest absolute Gasteiger partial charge is 0.181 e. The first kappa shape index (κ1) is 21.1. The first-order chi connectivity index (χ1) is 17.7. The van der Waals surface area contributed by atoms with Gasteiger partial charge in [-0.25, -0.2) is 0 Å². The summed E-state index contributed by atoms with van der Waals surface area (Å²) in [4.78, 5) is 15.1. The van der Waals surface area contributed by atoms with Gasteiger partial charge >= 0.3 is 0 Å². The molecule has 0 amide bonds. The van der Waals surface area contributed by atoms with Gasteiger partial charge < -0.3 is 9.47 Å². The monoisotopic (exact) mass is 468 g/mol. The van der Waals surface area contributed by atoms with Crippen LogP contribution in [0.25, 0.3) is 16.9 Å². The van der Waals surface area contributed by atoms with Crippen LogP contribution in [0.4, 0.5) is 0 Å². The number of allylic oxidation sites excluding steroid dienone is 1. The van der Waals surface area contributed by atoms with Crippen LogP contribution in [0, 0.1) is 5.41 Å². The third kappa shape index (κ3) is 2.29. The maximum atomic E-state index is 15.1. The summed E-state index contributed by atoms with van der Waals surface area (Å²) in [5.74, 6) is 1.44. The number of ether oxygens (including phenoxy) is 2. The third-order valence-electron chi connectivity index (χ3n) is 7.98. The lowest BCUT2D eigenvalue weighted by Crippen LogP contribution is -2.48. The Morgan fingerprint density at radius 2 is 1.22 bits per heavy atom. The maximum absolute atomic E-state index is 15.1. The van der Waals surface area contributed by atoms with Crippen molar-refractivity contribution in [1.29, 1.82) is 0 Å². The van der Waals surface area contributed by atoms with E-state index in [2.05, 4.69) is 24.3 Å². The zero-order chi connectivity index (χ0) is 24.5. The molecule has 7 rings (SSSR count). The van der Waals surface area contributed by atoms with Gasteiger partial charge in [-0.2, -0.15) is 0 Å². The molecule has 36 heavy (non-hydrogen) atoms. The molecule has 3 aliphatic rings. The van der Waals surface area contributed by atoms with Crippen LogP contribution in [-0.4, -0.2) is 12.9 Å². The van der Waals surface area contributed by atoms with E-state index in [1.54, 1.807) is 7.11 Å². The second-order valence-electron chi connectivity index (χ2n) is 9.53. The van der Waals surface area contributed by atoms with Crippen LogP contribution in [-0.2, 0) is 15.1 Å². The fraction of sp³-hybridized carbons (Fsp3) is 0.121. The van der Waals surface area contributed by atoms with E-state index in [1.165, 1.54) is 0 Å². The predicted molar refractivity (Wildman–Crippen MR) is 141 cm³/mol. The Labute approximate surface area is 210 Å². The van der Waals surface area contributed by atoms with Crippen molar-refractivity contribution in [3.8, 4) is 0 Å². The Hall–Kier alpha value is -4.21. The second-order valence-corrected chi connectivity index (χ2v) is 9.53. The number of Topliss-reactive ketones (excluding diaryl/α,β-unsaturated/α-hetero) is 1. The van der Waals surface area contributed by atoms with Crippen molar-refractivity contribution in [1.82, 2.24) is 0 Å². The van der Waals surface area contributed by atoms with Gasteiger partial charge in [0.1, 0.15) is 22.5 Å². The zero-order valence-corrected chi connectivity index (χ0v) is 20.1. The van der Waals surface area contributed by atoms with Gasteiger partial charge in [-0.15, -0.1) is 0 Å². The van der Waals surface area contributed by atoms with Crippen molar-refractivity contribution in [3.05, 3.63) is 148 Å². The molecule has 0 spiro atoms. The molecule has 2 atom stereocenters. The fourth-order valence-electron chi connectivity index (χ4n) is 6.81. The van der Waals surface area contributed by atoms with Gasteiger partial charge in [-0.1, -0.05) is 109 Å². The van der Waals surface area contributed by atoms with Crippen LogP contribution in [0.3, 0.4) is 0 Å². The topological polar surface area (TPSA) is 35.5 Å². The lowest BCUT2D eigenvalue weighted by Gasteiger charge is -2.43. The van der Waals surface area contributed by atoms with E-state index in [-0.39, 0.29) is 5.78 Å². The number of methoxy groups -OCH3 is 1. The van der Waals surface area contributed by atoms with E-state index in [1.807, 2.05) is 91.9 Å². The number of carbonyl (C=O) groups is 1. The van der Waals surface area contributed by atoms with E-state index in [9.17, 15) is 0 Å². The molecule has 0 fully saturated rings. The minimum Gasteiger partial charge on any atom is -0.461 e. The summed E-state index contributed by atoms with van der Waals surface area (Å²) in [5, 5.41) is 0. The number of fused-ring (bicyclic) bond motifs is 6. The molecule has 0 aromatic heterocycles. The minimum absolute atomic E-state index is 0.0124. The molecule has 0 bridgehead atoms. The molecule has 3 heteroatoms. The number of benzene rings is 4. The molecule has 4 aromatic rings. The van der Waals surface area contributed by atoms with Crippen LogP contribution < -0.4 is 0 Å². The minimum atomic E-state index is -1.13. The van der Waals surface area contributed by atoms with Crippen molar-refractivity contribution < 1.29 is 14.3 Å². The molecule has 0 unspecified atom stereocenters. The number of carbonyl (C=O) groups excluding carboxylic acids is 1. The highest BCUT2D eigenvalue weighted by molar-refractivity contribution is 6.26. The Morgan fingerprint density at radius 1 is 0.694 bits per heavy atom. The normalized spacial score (nSPS) is 23.2. The molecular weight excluding hydrogens is 444 g/mol. The van der Waals surface area contributed by atoms with Gasteiger partial charge in [-0.3, -0.25) is 4.79 Å². The zero-order valence-electron chi connectivity index (χ0n) is 20.1. The van der Waals surface area contributed by atoms with Crippen LogP contribution in [0.5, 0.6) is 0 Å². The molecule has 1 aliphatic heterocycles. The summed E-state index contributed by atoms with van der Waals surface area (Å²) in [6.07, 6.45) is 0. The Bertz CT molecular complexity index is 1610. The Kier molecular flexibility index (Phi) is 4.33. The SMILES string of the molecule is CO[C@]12c3ccccc3C3=C(C)OC(c4ccccc4)=C(c4ccccc41)[C@@]32C(=O)c1ccccc1. The molecule has 0 saturated heterocycles. The summed E-state index contributed by atoms with van der Waals surface area (Å²) in [7, 11) is 1.73. The molecule has 0 N–H and O–H groups in total. The van der Waals surface area contributed by atoms with Gasteiger partial charge in [0.25, 0.3) is 0 Å². The second kappa shape index (κ2) is 7.39. The molecule has 2 aliphatic carbocycles. The molecule has 0 radical (unpaired) electrons. The number of ketones is 1.